The van der Waals surface area contributed by atoms with Gasteiger partial charge >= 0.3 is 6.61 Å². The van der Waals surface area contributed by atoms with Gasteiger partial charge in [-0.25, -0.2) is 0 Å². The van der Waals surface area contributed by atoms with Crippen molar-refractivity contribution in [3.05, 3.63) is 28.8 Å². The van der Waals surface area contributed by atoms with Gasteiger partial charge in [0.1, 0.15) is 5.75 Å². The van der Waals surface area contributed by atoms with Crippen LogP contribution in [-0.4, -0.2) is 35.8 Å². The Hall–Kier alpha value is -0.910. The van der Waals surface area contributed by atoms with Crippen molar-refractivity contribution in [1.29, 1.82) is 0 Å². The third-order valence-corrected chi connectivity index (χ3v) is 3.47. The van der Waals surface area contributed by atoms with Gasteiger partial charge in [0.05, 0.1) is 11.1 Å². The zero-order valence-corrected chi connectivity index (χ0v) is 11.1. The van der Waals surface area contributed by atoms with E-state index in [0.29, 0.717) is 6.54 Å². The molecule has 0 amide bonds. The normalized spacial score (nSPS) is 17.9. The van der Waals surface area contributed by atoms with E-state index in [9.17, 15) is 13.9 Å². The van der Waals surface area contributed by atoms with Crippen LogP contribution in [0.3, 0.4) is 0 Å². The molecule has 1 aromatic rings. The van der Waals surface area contributed by atoms with Gasteiger partial charge in [-0.15, -0.1) is 0 Å². The monoisotopic (exact) mass is 291 g/mol. The van der Waals surface area contributed by atoms with E-state index in [-0.39, 0.29) is 16.9 Å². The molecule has 1 fully saturated rings. The quantitative estimate of drug-likeness (QED) is 0.926. The van der Waals surface area contributed by atoms with Crippen molar-refractivity contribution in [2.24, 2.45) is 0 Å². The molecule has 0 spiro atoms. The average molecular weight is 292 g/mol. The second-order valence-electron chi connectivity index (χ2n) is 4.65. The highest BCUT2D eigenvalue weighted by molar-refractivity contribution is 6.32. The summed E-state index contributed by atoms with van der Waals surface area (Å²) in [7, 11) is 0. The van der Waals surface area contributed by atoms with Gasteiger partial charge in [0.15, 0.2) is 0 Å². The summed E-state index contributed by atoms with van der Waals surface area (Å²) >= 11 is 5.90. The van der Waals surface area contributed by atoms with Crippen LogP contribution in [0, 0.1) is 0 Å². The molecule has 0 unspecified atom stereocenters. The maximum absolute atomic E-state index is 12.1. The number of nitrogens with zero attached hydrogens (tertiary/aromatic N) is 1. The molecule has 0 aliphatic carbocycles. The van der Waals surface area contributed by atoms with Crippen LogP contribution in [0.2, 0.25) is 5.02 Å². The minimum Gasteiger partial charge on any atom is -0.433 e. The number of benzene rings is 1. The molecular formula is C13H16ClF2NO2. The molecule has 0 atom stereocenters. The Morgan fingerprint density at radius 3 is 2.63 bits per heavy atom. The molecule has 2 rings (SSSR count). The maximum atomic E-state index is 12.1. The molecule has 0 saturated carbocycles. The molecule has 0 aromatic heterocycles. The van der Waals surface area contributed by atoms with E-state index in [4.69, 9.17) is 11.6 Å². The van der Waals surface area contributed by atoms with E-state index < -0.39 is 6.61 Å². The zero-order valence-electron chi connectivity index (χ0n) is 10.4. The van der Waals surface area contributed by atoms with Gasteiger partial charge in [-0.3, -0.25) is 4.90 Å². The molecule has 106 valence electrons. The Bertz CT molecular complexity index is 423. The summed E-state index contributed by atoms with van der Waals surface area (Å²) < 4.78 is 28.5. The lowest BCUT2D eigenvalue weighted by Gasteiger charge is -2.29. The highest BCUT2D eigenvalue weighted by Gasteiger charge is 2.17. The predicted molar refractivity (Wildman–Crippen MR) is 68.6 cm³/mol. The number of hydrogen-bond acceptors (Lipinski definition) is 3. The van der Waals surface area contributed by atoms with Crippen molar-refractivity contribution in [3.63, 3.8) is 0 Å². The number of halogens is 3. The van der Waals surface area contributed by atoms with Crippen LogP contribution in [0.5, 0.6) is 5.75 Å². The highest BCUT2D eigenvalue weighted by atomic mass is 35.5. The first kappa shape index (κ1) is 14.5. The molecule has 19 heavy (non-hydrogen) atoms. The van der Waals surface area contributed by atoms with Crippen LogP contribution in [-0.2, 0) is 6.54 Å². The van der Waals surface area contributed by atoms with Crippen molar-refractivity contribution in [3.8, 4) is 5.75 Å². The number of aliphatic hydroxyl groups excluding tert-OH is 1. The number of ether oxygens (including phenoxy) is 1. The topological polar surface area (TPSA) is 32.7 Å². The van der Waals surface area contributed by atoms with Crippen molar-refractivity contribution in [1.82, 2.24) is 4.90 Å². The summed E-state index contributed by atoms with van der Waals surface area (Å²) in [6.45, 7) is -0.518. The van der Waals surface area contributed by atoms with E-state index in [2.05, 4.69) is 9.64 Å². The fourth-order valence-electron chi connectivity index (χ4n) is 2.17. The van der Waals surface area contributed by atoms with Gasteiger partial charge in [0, 0.05) is 19.6 Å². The molecule has 1 aliphatic heterocycles. The summed E-state index contributed by atoms with van der Waals surface area (Å²) in [4.78, 5) is 2.20. The molecule has 0 radical (unpaired) electrons. The average Bonchev–Trinajstić information content (AvgIpc) is 2.35. The Balaban J connectivity index is 1.96. The first-order valence-electron chi connectivity index (χ1n) is 6.18. The maximum Gasteiger partial charge on any atom is 0.387 e. The van der Waals surface area contributed by atoms with Gasteiger partial charge in [0.25, 0.3) is 0 Å². The van der Waals surface area contributed by atoms with Crippen LogP contribution >= 0.6 is 11.6 Å². The van der Waals surface area contributed by atoms with Crippen LogP contribution < -0.4 is 4.74 Å². The van der Waals surface area contributed by atoms with Crippen molar-refractivity contribution < 1.29 is 18.6 Å². The van der Waals surface area contributed by atoms with Crippen LogP contribution in [0.4, 0.5) is 8.78 Å². The minimum atomic E-state index is -2.87. The Morgan fingerprint density at radius 2 is 2.05 bits per heavy atom. The Kier molecular flexibility index (Phi) is 4.96. The number of alkyl halides is 2. The largest absolute Gasteiger partial charge is 0.433 e. The van der Waals surface area contributed by atoms with Gasteiger partial charge in [-0.1, -0.05) is 17.7 Å². The van der Waals surface area contributed by atoms with Crippen LogP contribution in [0.25, 0.3) is 0 Å². The number of likely N-dealkylation sites (tertiary alicyclic amines) is 1. The fraction of sp³-hybridized carbons (Fsp3) is 0.538. The molecule has 6 heteroatoms. The summed E-state index contributed by atoms with van der Waals surface area (Å²) in [6, 6.07) is 4.83. The van der Waals surface area contributed by atoms with E-state index in [1.165, 1.54) is 6.07 Å². The second-order valence-corrected chi connectivity index (χ2v) is 5.06. The number of rotatable bonds is 4. The lowest BCUT2D eigenvalue weighted by molar-refractivity contribution is -0.0498. The Morgan fingerprint density at radius 1 is 1.37 bits per heavy atom. The molecule has 1 N–H and O–H groups in total. The van der Waals surface area contributed by atoms with Crippen LogP contribution in [0.1, 0.15) is 18.4 Å². The molecular weight excluding hydrogens is 276 g/mol. The van der Waals surface area contributed by atoms with Gasteiger partial charge < -0.3 is 9.84 Å². The van der Waals surface area contributed by atoms with E-state index in [1.54, 1.807) is 12.1 Å². The molecule has 1 saturated heterocycles. The fourth-order valence-corrected chi connectivity index (χ4v) is 2.42. The molecule has 1 aromatic carbocycles. The lowest BCUT2D eigenvalue weighted by atomic mass is 10.1. The molecule has 0 bridgehead atoms. The first-order valence-corrected chi connectivity index (χ1v) is 6.56. The van der Waals surface area contributed by atoms with E-state index in [0.717, 1.165) is 31.5 Å². The summed E-state index contributed by atoms with van der Waals surface area (Å²) in [5, 5.41) is 9.61. The highest BCUT2D eigenvalue weighted by Crippen LogP contribution is 2.27. The zero-order chi connectivity index (χ0) is 13.8. The number of aliphatic hydroxyl groups is 1. The standard InChI is InChI=1S/C13H16ClF2NO2/c14-11-7-9(1-2-12(11)19-13(15)16)8-17-5-3-10(18)4-6-17/h1-2,7,10,13,18H,3-6,8H2. The molecule has 1 aliphatic rings. The minimum absolute atomic E-state index is 0.00511. The number of piperidine rings is 1. The van der Waals surface area contributed by atoms with Crippen LogP contribution in [0.15, 0.2) is 18.2 Å². The summed E-state index contributed by atoms with van der Waals surface area (Å²) in [6.07, 6.45) is 1.32. The van der Waals surface area contributed by atoms with E-state index >= 15 is 0 Å². The third-order valence-electron chi connectivity index (χ3n) is 3.18. The van der Waals surface area contributed by atoms with Gasteiger partial charge in [0.2, 0.25) is 0 Å². The SMILES string of the molecule is OC1CCN(Cc2ccc(OC(F)F)c(Cl)c2)CC1. The molecule has 3 nitrogen and oxygen atoms in total. The van der Waals surface area contributed by atoms with Crippen molar-refractivity contribution in [2.75, 3.05) is 13.1 Å². The smallest absolute Gasteiger partial charge is 0.387 e. The second kappa shape index (κ2) is 6.50. The third kappa shape index (κ3) is 4.30. The van der Waals surface area contributed by atoms with Crippen molar-refractivity contribution >= 4 is 11.6 Å². The van der Waals surface area contributed by atoms with Gasteiger partial charge in [-0.05, 0) is 30.5 Å². The first-order chi connectivity index (χ1) is 9.04. The van der Waals surface area contributed by atoms with Gasteiger partial charge in [-0.2, -0.15) is 8.78 Å². The van der Waals surface area contributed by atoms with E-state index in [1.807, 2.05) is 0 Å². The summed E-state index contributed by atoms with van der Waals surface area (Å²) in [5.41, 5.74) is 0.947. The number of hydrogen-bond donors (Lipinski definition) is 1. The lowest BCUT2D eigenvalue weighted by Crippen LogP contribution is -2.35. The van der Waals surface area contributed by atoms with Crippen molar-refractivity contribution in [2.45, 2.75) is 32.1 Å². The molecule has 1 heterocycles. The Labute approximate surface area is 115 Å². The summed E-state index contributed by atoms with van der Waals surface area (Å²) in [5.74, 6) is -0.00511. The predicted octanol–water partition coefficient (Wildman–Crippen LogP) is 2.90.